The van der Waals surface area contributed by atoms with Gasteiger partial charge in [-0.3, -0.25) is 9.78 Å². The Morgan fingerprint density at radius 2 is 2.05 bits per heavy atom. The van der Waals surface area contributed by atoms with E-state index in [0.717, 1.165) is 5.56 Å². The maximum atomic E-state index is 11.6. The van der Waals surface area contributed by atoms with Gasteiger partial charge in [-0.15, -0.1) is 0 Å². The fourth-order valence-corrected chi connectivity index (χ4v) is 1.47. The number of hydrazone groups is 1. The predicted octanol–water partition coefficient (Wildman–Crippen LogP) is 1.27. The number of aliphatic hydroxyl groups is 1. The largest absolute Gasteiger partial charge is 0.378 e. The molecule has 1 aromatic heterocycles. The lowest BCUT2D eigenvalue weighted by Crippen LogP contribution is -2.25. The average molecular weight is 255 g/mol. The van der Waals surface area contributed by atoms with Gasteiger partial charge in [0.2, 0.25) is 0 Å². The van der Waals surface area contributed by atoms with Crippen LogP contribution in [0.2, 0.25) is 0 Å². The van der Waals surface area contributed by atoms with Crippen LogP contribution in [0.4, 0.5) is 0 Å². The zero-order chi connectivity index (χ0) is 13.5. The molecule has 2 N–H and O–H groups in total. The first-order chi connectivity index (χ1) is 9.27. The number of carbonyl (C=O) groups is 1. The van der Waals surface area contributed by atoms with Gasteiger partial charge in [-0.2, -0.15) is 5.10 Å². The molecule has 0 aliphatic rings. The number of hydrogen-bond donors (Lipinski definition) is 2. The minimum Gasteiger partial charge on any atom is -0.378 e. The van der Waals surface area contributed by atoms with Crippen molar-refractivity contribution < 1.29 is 9.90 Å². The third-order valence-corrected chi connectivity index (χ3v) is 2.44. The van der Waals surface area contributed by atoms with Crippen LogP contribution < -0.4 is 5.43 Å². The van der Waals surface area contributed by atoms with E-state index in [9.17, 15) is 9.90 Å². The van der Waals surface area contributed by atoms with Crippen LogP contribution in [0.5, 0.6) is 0 Å². The fraction of sp³-hybridized carbons (Fsp3) is 0.0714. The Morgan fingerprint density at radius 3 is 2.74 bits per heavy atom. The molecule has 0 unspecified atom stereocenters. The van der Waals surface area contributed by atoms with Gasteiger partial charge in [0.25, 0.3) is 5.91 Å². The quantitative estimate of drug-likeness (QED) is 0.638. The van der Waals surface area contributed by atoms with Gasteiger partial charge in [0.1, 0.15) is 0 Å². The molecule has 1 amide bonds. The Morgan fingerprint density at radius 1 is 1.26 bits per heavy atom. The van der Waals surface area contributed by atoms with E-state index in [0.29, 0.717) is 5.56 Å². The Bertz CT molecular complexity index is 555. The zero-order valence-corrected chi connectivity index (χ0v) is 10.1. The molecule has 0 saturated carbocycles. The monoisotopic (exact) mass is 255 g/mol. The van der Waals surface area contributed by atoms with E-state index >= 15 is 0 Å². The van der Waals surface area contributed by atoms with E-state index in [1.165, 1.54) is 6.21 Å². The van der Waals surface area contributed by atoms with Gasteiger partial charge in [0.15, 0.2) is 6.10 Å². The number of pyridine rings is 1. The maximum absolute atomic E-state index is 11.6. The van der Waals surface area contributed by atoms with Gasteiger partial charge in [0, 0.05) is 18.0 Å². The second kappa shape index (κ2) is 6.42. The highest BCUT2D eigenvalue weighted by atomic mass is 16.3. The zero-order valence-electron chi connectivity index (χ0n) is 10.1. The van der Waals surface area contributed by atoms with Crippen molar-refractivity contribution in [2.24, 2.45) is 5.10 Å². The topological polar surface area (TPSA) is 74.6 Å². The molecule has 0 saturated heterocycles. The Kier molecular flexibility index (Phi) is 4.36. The first kappa shape index (κ1) is 12.9. The molecule has 19 heavy (non-hydrogen) atoms. The van der Waals surface area contributed by atoms with Crippen LogP contribution >= 0.6 is 0 Å². The lowest BCUT2D eigenvalue weighted by atomic mass is 10.1. The number of hydrogen-bond acceptors (Lipinski definition) is 4. The Hall–Kier alpha value is -2.53. The average Bonchev–Trinajstić information content (AvgIpc) is 2.48. The van der Waals surface area contributed by atoms with Crippen LogP contribution in [0.3, 0.4) is 0 Å². The summed E-state index contributed by atoms with van der Waals surface area (Å²) in [4.78, 5) is 15.6. The summed E-state index contributed by atoms with van der Waals surface area (Å²) in [5, 5.41) is 13.6. The van der Waals surface area contributed by atoms with Crippen molar-refractivity contribution in [2.45, 2.75) is 6.10 Å². The molecule has 96 valence electrons. The number of amides is 1. The summed E-state index contributed by atoms with van der Waals surface area (Å²) in [7, 11) is 0. The highest BCUT2D eigenvalue weighted by molar-refractivity contribution is 5.84. The highest BCUT2D eigenvalue weighted by Gasteiger charge is 2.15. The van der Waals surface area contributed by atoms with Crippen molar-refractivity contribution in [2.75, 3.05) is 0 Å². The first-order valence-corrected chi connectivity index (χ1v) is 5.73. The minimum absolute atomic E-state index is 0.525. The molecule has 0 aliphatic carbocycles. The Balaban J connectivity index is 1.93. The molecule has 1 atom stereocenters. The van der Waals surface area contributed by atoms with E-state index in [-0.39, 0.29) is 0 Å². The standard InChI is InChI=1S/C14H13N3O2/c18-13(12-6-2-1-3-7-12)14(19)17-16-10-11-5-4-8-15-9-11/h1-10,13,18H,(H,17,19)/b16-10+/t13-/m1/s1. The van der Waals surface area contributed by atoms with E-state index in [2.05, 4.69) is 15.5 Å². The summed E-state index contributed by atoms with van der Waals surface area (Å²) in [5.41, 5.74) is 3.57. The van der Waals surface area contributed by atoms with E-state index in [1.807, 2.05) is 6.07 Å². The normalized spacial score (nSPS) is 12.3. The summed E-state index contributed by atoms with van der Waals surface area (Å²) in [6.07, 6.45) is 3.49. The number of aliphatic hydroxyl groups excluding tert-OH is 1. The molecule has 0 aliphatic heterocycles. The SMILES string of the molecule is O=C(N/N=C/c1cccnc1)[C@H](O)c1ccccc1. The van der Waals surface area contributed by atoms with Gasteiger partial charge in [0.05, 0.1) is 6.21 Å². The van der Waals surface area contributed by atoms with Gasteiger partial charge in [-0.1, -0.05) is 36.4 Å². The van der Waals surface area contributed by atoms with E-state index in [1.54, 1.807) is 48.8 Å². The number of benzene rings is 1. The second-order valence-corrected chi connectivity index (χ2v) is 3.83. The van der Waals surface area contributed by atoms with Crippen molar-refractivity contribution in [1.29, 1.82) is 0 Å². The smallest absolute Gasteiger partial charge is 0.273 e. The molecule has 0 bridgehead atoms. The minimum atomic E-state index is -1.23. The molecule has 1 aromatic carbocycles. The molecule has 1 heterocycles. The van der Waals surface area contributed by atoms with Crippen LogP contribution in [0.15, 0.2) is 60.0 Å². The molecular weight excluding hydrogens is 242 g/mol. The second-order valence-electron chi connectivity index (χ2n) is 3.83. The summed E-state index contributed by atoms with van der Waals surface area (Å²) >= 11 is 0. The lowest BCUT2D eigenvalue weighted by molar-refractivity contribution is -0.129. The Labute approximate surface area is 110 Å². The molecule has 2 aromatic rings. The predicted molar refractivity (Wildman–Crippen MR) is 71.4 cm³/mol. The number of aromatic nitrogens is 1. The van der Waals surface area contributed by atoms with Crippen molar-refractivity contribution >= 4 is 12.1 Å². The summed E-state index contributed by atoms with van der Waals surface area (Å²) in [6, 6.07) is 12.2. The van der Waals surface area contributed by atoms with Crippen molar-refractivity contribution in [1.82, 2.24) is 10.4 Å². The summed E-state index contributed by atoms with van der Waals surface area (Å²) in [6.45, 7) is 0. The van der Waals surface area contributed by atoms with Crippen molar-refractivity contribution in [3.63, 3.8) is 0 Å². The lowest BCUT2D eigenvalue weighted by Gasteiger charge is -2.08. The van der Waals surface area contributed by atoms with Crippen LogP contribution in [0.25, 0.3) is 0 Å². The van der Waals surface area contributed by atoms with Gasteiger partial charge in [-0.25, -0.2) is 5.43 Å². The third-order valence-electron chi connectivity index (χ3n) is 2.44. The fourth-order valence-electron chi connectivity index (χ4n) is 1.47. The van der Waals surface area contributed by atoms with Crippen LogP contribution in [-0.2, 0) is 4.79 Å². The maximum Gasteiger partial charge on any atom is 0.273 e. The van der Waals surface area contributed by atoms with Crippen molar-refractivity contribution in [3.05, 3.63) is 66.0 Å². The number of rotatable bonds is 4. The van der Waals surface area contributed by atoms with Crippen molar-refractivity contribution in [3.8, 4) is 0 Å². The number of carbonyl (C=O) groups excluding carboxylic acids is 1. The number of nitrogens with one attached hydrogen (secondary N) is 1. The molecule has 0 radical (unpaired) electrons. The van der Waals surface area contributed by atoms with Crippen LogP contribution in [-0.4, -0.2) is 22.2 Å². The third kappa shape index (κ3) is 3.72. The highest BCUT2D eigenvalue weighted by Crippen LogP contribution is 2.11. The van der Waals surface area contributed by atoms with Gasteiger partial charge in [-0.05, 0) is 11.6 Å². The molecule has 5 heteroatoms. The van der Waals surface area contributed by atoms with Crippen LogP contribution in [0.1, 0.15) is 17.2 Å². The van der Waals surface area contributed by atoms with Gasteiger partial charge < -0.3 is 5.11 Å². The molecular formula is C14H13N3O2. The summed E-state index contributed by atoms with van der Waals surface area (Å²) in [5.74, 6) is -0.577. The van der Waals surface area contributed by atoms with Gasteiger partial charge >= 0.3 is 0 Å². The first-order valence-electron chi connectivity index (χ1n) is 5.73. The number of nitrogens with zero attached hydrogens (tertiary/aromatic N) is 2. The molecule has 2 rings (SSSR count). The van der Waals surface area contributed by atoms with E-state index < -0.39 is 12.0 Å². The van der Waals surface area contributed by atoms with E-state index in [4.69, 9.17) is 0 Å². The molecule has 0 fully saturated rings. The van der Waals surface area contributed by atoms with Crippen LogP contribution in [0, 0.1) is 0 Å². The summed E-state index contributed by atoms with van der Waals surface area (Å²) < 4.78 is 0. The molecule has 5 nitrogen and oxygen atoms in total. The molecule has 0 spiro atoms.